The van der Waals surface area contributed by atoms with E-state index in [1.54, 1.807) is 17.4 Å². The Bertz CT molecular complexity index is 473. The van der Waals surface area contributed by atoms with Crippen molar-refractivity contribution in [2.45, 2.75) is 26.4 Å². The van der Waals surface area contributed by atoms with Crippen LogP contribution in [0, 0.1) is 0 Å². The molecule has 4 heteroatoms. The molecule has 2 aromatic heterocycles. The Labute approximate surface area is 105 Å². The minimum absolute atomic E-state index is 0.322. The molecule has 90 valence electrons. The molecule has 0 fully saturated rings. The third-order valence-corrected chi connectivity index (χ3v) is 3.40. The van der Waals surface area contributed by atoms with Crippen LogP contribution >= 0.6 is 11.3 Å². The van der Waals surface area contributed by atoms with Crippen molar-refractivity contribution >= 4 is 23.5 Å². The van der Waals surface area contributed by atoms with E-state index in [4.69, 9.17) is 4.42 Å². The first-order valence-corrected chi connectivity index (χ1v) is 6.42. The average Bonchev–Trinajstić information content (AvgIpc) is 2.96. The average molecular weight is 249 g/mol. The van der Waals surface area contributed by atoms with Crippen molar-refractivity contribution in [2.24, 2.45) is 0 Å². The topological polar surface area (TPSA) is 33.5 Å². The molecule has 0 aliphatic carbocycles. The summed E-state index contributed by atoms with van der Waals surface area (Å²) >= 11 is 1.72. The lowest BCUT2D eigenvalue weighted by atomic mass is 10.3. The SMILES string of the molecule is CC(C)N(Cc1cccs1)c1ccc(C=O)o1. The molecule has 0 saturated heterocycles. The fourth-order valence-corrected chi connectivity index (χ4v) is 2.35. The summed E-state index contributed by atoms with van der Waals surface area (Å²) in [7, 11) is 0. The molecule has 0 aliphatic rings. The van der Waals surface area contributed by atoms with Crippen LogP contribution in [0.2, 0.25) is 0 Å². The Hall–Kier alpha value is -1.55. The second-order valence-corrected chi connectivity index (χ2v) is 5.13. The van der Waals surface area contributed by atoms with Gasteiger partial charge in [-0.15, -0.1) is 11.3 Å². The number of aldehydes is 1. The molecule has 0 unspecified atom stereocenters. The quantitative estimate of drug-likeness (QED) is 0.759. The number of hydrogen-bond donors (Lipinski definition) is 0. The van der Waals surface area contributed by atoms with Gasteiger partial charge in [-0.2, -0.15) is 0 Å². The van der Waals surface area contributed by atoms with Crippen molar-refractivity contribution in [1.29, 1.82) is 0 Å². The van der Waals surface area contributed by atoms with Crippen LogP contribution in [0.15, 0.2) is 34.1 Å². The smallest absolute Gasteiger partial charge is 0.196 e. The molecule has 0 aromatic carbocycles. The van der Waals surface area contributed by atoms with Crippen LogP contribution in [0.3, 0.4) is 0 Å². The van der Waals surface area contributed by atoms with Crippen LogP contribution in [0.25, 0.3) is 0 Å². The van der Waals surface area contributed by atoms with Crippen LogP contribution in [0.5, 0.6) is 0 Å². The van der Waals surface area contributed by atoms with Gasteiger partial charge in [-0.05, 0) is 31.4 Å². The molecule has 0 N–H and O–H groups in total. The third kappa shape index (κ3) is 2.77. The highest BCUT2D eigenvalue weighted by Crippen LogP contribution is 2.23. The van der Waals surface area contributed by atoms with Gasteiger partial charge in [0.1, 0.15) is 0 Å². The second kappa shape index (κ2) is 5.19. The van der Waals surface area contributed by atoms with Gasteiger partial charge in [-0.25, -0.2) is 0 Å². The number of carbonyl (C=O) groups is 1. The van der Waals surface area contributed by atoms with Gasteiger partial charge >= 0.3 is 0 Å². The zero-order chi connectivity index (χ0) is 12.3. The lowest BCUT2D eigenvalue weighted by molar-refractivity contribution is 0.110. The van der Waals surface area contributed by atoms with Crippen LogP contribution in [0.4, 0.5) is 5.88 Å². The van der Waals surface area contributed by atoms with Crippen molar-refractivity contribution in [3.8, 4) is 0 Å². The van der Waals surface area contributed by atoms with E-state index in [0.29, 0.717) is 11.8 Å². The molecular weight excluding hydrogens is 234 g/mol. The maximum absolute atomic E-state index is 10.6. The summed E-state index contributed by atoms with van der Waals surface area (Å²) in [5.74, 6) is 1.12. The molecule has 2 rings (SSSR count). The number of rotatable bonds is 5. The number of nitrogens with zero attached hydrogens (tertiary/aromatic N) is 1. The highest BCUT2D eigenvalue weighted by molar-refractivity contribution is 7.09. The monoisotopic (exact) mass is 249 g/mol. The highest BCUT2D eigenvalue weighted by atomic mass is 32.1. The maximum atomic E-state index is 10.6. The summed E-state index contributed by atoms with van der Waals surface area (Å²) in [6.07, 6.45) is 0.729. The Morgan fingerprint density at radius 3 is 2.76 bits per heavy atom. The summed E-state index contributed by atoms with van der Waals surface area (Å²) in [6, 6.07) is 8.01. The first-order chi connectivity index (χ1) is 8.20. The second-order valence-electron chi connectivity index (χ2n) is 4.09. The molecule has 0 amide bonds. The molecule has 3 nitrogen and oxygen atoms in total. The van der Waals surface area contributed by atoms with Crippen LogP contribution in [0.1, 0.15) is 29.3 Å². The number of thiophene rings is 1. The number of furan rings is 1. The summed E-state index contributed by atoms with van der Waals surface area (Å²) in [5.41, 5.74) is 0. The van der Waals surface area contributed by atoms with Crippen molar-refractivity contribution in [3.63, 3.8) is 0 Å². The molecule has 0 spiro atoms. The fraction of sp³-hybridized carbons (Fsp3) is 0.308. The molecule has 0 aliphatic heterocycles. The van der Waals surface area contributed by atoms with E-state index in [1.165, 1.54) is 4.88 Å². The Morgan fingerprint density at radius 2 is 2.24 bits per heavy atom. The van der Waals surface area contributed by atoms with Crippen LogP contribution in [-0.2, 0) is 6.54 Å². The van der Waals surface area contributed by atoms with Crippen molar-refractivity contribution < 1.29 is 9.21 Å². The van der Waals surface area contributed by atoms with Crippen LogP contribution in [-0.4, -0.2) is 12.3 Å². The standard InChI is InChI=1S/C13H15NO2S/c1-10(2)14(8-12-4-3-7-17-12)13-6-5-11(9-15)16-13/h3-7,9-10H,8H2,1-2H3. The first kappa shape index (κ1) is 11.9. The van der Waals surface area contributed by atoms with E-state index < -0.39 is 0 Å². The van der Waals surface area contributed by atoms with E-state index in [-0.39, 0.29) is 0 Å². The summed E-state index contributed by atoms with van der Waals surface area (Å²) in [5, 5.41) is 2.06. The maximum Gasteiger partial charge on any atom is 0.196 e. The fourth-order valence-electron chi connectivity index (χ4n) is 1.65. The van der Waals surface area contributed by atoms with E-state index in [0.717, 1.165) is 18.7 Å². The number of carbonyl (C=O) groups excluding carboxylic acids is 1. The van der Waals surface area contributed by atoms with Crippen molar-refractivity contribution in [2.75, 3.05) is 4.90 Å². The molecular formula is C13H15NO2S. The molecule has 17 heavy (non-hydrogen) atoms. The molecule has 0 radical (unpaired) electrons. The molecule has 2 heterocycles. The summed E-state index contributed by atoms with van der Waals surface area (Å²) in [6.45, 7) is 5.02. The Kier molecular flexibility index (Phi) is 3.64. The molecule has 0 bridgehead atoms. The minimum atomic E-state index is 0.322. The Balaban J connectivity index is 2.19. The van der Waals surface area contributed by atoms with Crippen molar-refractivity contribution in [3.05, 3.63) is 40.3 Å². The first-order valence-electron chi connectivity index (χ1n) is 5.54. The minimum Gasteiger partial charge on any atom is -0.438 e. The normalized spacial score (nSPS) is 10.8. The lowest BCUT2D eigenvalue weighted by Gasteiger charge is -2.25. The predicted octanol–water partition coefficient (Wildman–Crippen LogP) is 3.57. The van der Waals surface area contributed by atoms with Crippen LogP contribution < -0.4 is 4.90 Å². The van der Waals surface area contributed by atoms with E-state index in [2.05, 4.69) is 30.2 Å². The molecule has 2 aromatic rings. The molecule has 0 saturated carbocycles. The molecule has 0 atom stereocenters. The highest BCUT2D eigenvalue weighted by Gasteiger charge is 2.15. The van der Waals surface area contributed by atoms with Gasteiger partial charge in [0, 0.05) is 17.0 Å². The summed E-state index contributed by atoms with van der Waals surface area (Å²) < 4.78 is 5.47. The van der Waals surface area contributed by atoms with Gasteiger partial charge in [0.15, 0.2) is 17.9 Å². The Morgan fingerprint density at radius 1 is 1.41 bits per heavy atom. The van der Waals surface area contributed by atoms with Gasteiger partial charge in [0.2, 0.25) is 0 Å². The number of hydrogen-bond acceptors (Lipinski definition) is 4. The van der Waals surface area contributed by atoms with E-state index >= 15 is 0 Å². The van der Waals surface area contributed by atoms with E-state index in [1.807, 2.05) is 12.1 Å². The number of anilines is 1. The van der Waals surface area contributed by atoms with Gasteiger partial charge < -0.3 is 9.32 Å². The predicted molar refractivity (Wildman–Crippen MR) is 69.7 cm³/mol. The van der Waals surface area contributed by atoms with Crippen molar-refractivity contribution in [1.82, 2.24) is 0 Å². The van der Waals surface area contributed by atoms with Gasteiger partial charge in [0.25, 0.3) is 0 Å². The zero-order valence-corrected chi connectivity index (χ0v) is 10.7. The van der Waals surface area contributed by atoms with Gasteiger partial charge in [-0.1, -0.05) is 6.07 Å². The van der Waals surface area contributed by atoms with E-state index in [9.17, 15) is 4.79 Å². The zero-order valence-electron chi connectivity index (χ0n) is 9.92. The lowest BCUT2D eigenvalue weighted by Crippen LogP contribution is -2.29. The van der Waals surface area contributed by atoms with Gasteiger partial charge in [0.05, 0.1) is 6.54 Å². The largest absolute Gasteiger partial charge is 0.438 e. The third-order valence-electron chi connectivity index (χ3n) is 2.54. The van der Waals surface area contributed by atoms with Gasteiger partial charge in [-0.3, -0.25) is 4.79 Å². The summed E-state index contributed by atoms with van der Waals surface area (Å²) in [4.78, 5) is 14.0.